The first-order valence-electron chi connectivity index (χ1n) is 11.7. The van der Waals surface area contributed by atoms with E-state index < -0.39 is 11.9 Å². The number of aromatic hydroxyl groups is 1. The van der Waals surface area contributed by atoms with E-state index in [1.807, 2.05) is 81.2 Å². The van der Waals surface area contributed by atoms with Gasteiger partial charge in [-0.05, 0) is 61.4 Å². The number of hydrogen-bond donors (Lipinski definition) is 2. The van der Waals surface area contributed by atoms with Crippen LogP contribution in [-0.4, -0.2) is 18.1 Å². The van der Waals surface area contributed by atoms with Gasteiger partial charge in [-0.3, -0.25) is 4.79 Å². The zero-order chi connectivity index (χ0) is 25.6. The summed E-state index contributed by atoms with van der Waals surface area (Å²) in [6, 6.07) is 21.0. The Labute approximate surface area is 213 Å². The lowest BCUT2D eigenvalue weighted by molar-refractivity contribution is -0.695. The number of allylic oxidation sites excluding steroid dienone is 1. The molecule has 1 unspecified atom stereocenters. The number of anilines is 2. The van der Waals surface area contributed by atoms with E-state index in [0.29, 0.717) is 21.7 Å². The molecule has 4 aromatic rings. The summed E-state index contributed by atoms with van der Waals surface area (Å²) >= 11 is 1.43. The van der Waals surface area contributed by atoms with Gasteiger partial charge in [0.2, 0.25) is 0 Å². The molecule has 5 rings (SSSR count). The van der Waals surface area contributed by atoms with Crippen LogP contribution in [0, 0.1) is 19.7 Å². The van der Waals surface area contributed by atoms with E-state index in [0.717, 1.165) is 27.5 Å². The molecule has 3 aromatic carbocycles. The number of amides is 1. The van der Waals surface area contributed by atoms with Crippen LogP contribution in [0.1, 0.15) is 29.7 Å². The maximum atomic E-state index is 14.4. The Hall–Kier alpha value is -3.97. The van der Waals surface area contributed by atoms with Gasteiger partial charge in [0.25, 0.3) is 5.91 Å². The predicted molar refractivity (Wildman–Crippen MR) is 142 cm³/mol. The number of fused-ring (bicyclic) bond motifs is 1. The summed E-state index contributed by atoms with van der Waals surface area (Å²) in [6.45, 7) is 5.83. The first kappa shape index (κ1) is 23.8. The number of benzene rings is 3. The van der Waals surface area contributed by atoms with Crippen LogP contribution in [-0.2, 0) is 4.79 Å². The Morgan fingerprint density at radius 1 is 1.03 bits per heavy atom. The quantitative estimate of drug-likeness (QED) is 0.332. The van der Waals surface area contributed by atoms with Crippen molar-refractivity contribution >= 4 is 28.1 Å². The second-order valence-corrected chi connectivity index (χ2v) is 10.0. The lowest BCUT2D eigenvalue weighted by atomic mass is 9.93. The zero-order valence-corrected chi connectivity index (χ0v) is 21.4. The van der Waals surface area contributed by atoms with Gasteiger partial charge in [-0.15, -0.1) is 0 Å². The maximum Gasteiger partial charge on any atom is 0.345 e. The van der Waals surface area contributed by atoms with Crippen LogP contribution in [0.3, 0.4) is 0 Å². The van der Waals surface area contributed by atoms with Crippen molar-refractivity contribution in [2.24, 2.45) is 0 Å². The molecule has 0 bridgehead atoms. The Morgan fingerprint density at radius 3 is 2.47 bits per heavy atom. The van der Waals surface area contributed by atoms with Crippen molar-refractivity contribution in [3.8, 4) is 16.3 Å². The molecule has 0 saturated carbocycles. The average Bonchev–Trinajstić information content (AvgIpc) is 3.20. The zero-order valence-electron chi connectivity index (χ0n) is 20.5. The second kappa shape index (κ2) is 9.24. The molecule has 0 radical (unpaired) electrons. The van der Waals surface area contributed by atoms with Crippen LogP contribution in [0.2, 0.25) is 0 Å². The summed E-state index contributed by atoms with van der Waals surface area (Å²) in [5.41, 5.74) is 5.38. The van der Waals surface area contributed by atoms with Crippen molar-refractivity contribution in [3.05, 3.63) is 107 Å². The number of aromatic nitrogens is 1. The second-order valence-electron chi connectivity index (χ2n) is 9.06. The third-order valence-electron chi connectivity index (χ3n) is 6.62. The Kier molecular flexibility index (Phi) is 6.10. The fourth-order valence-corrected chi connectivity index (χ4v) is 5.89. The van der Waals surface area contributed by atoms with Gasteiger partial charge in [-0.2, -0.15) is 4.57 Å². The Morgan fingerprint density at radius 2 is 1.78 bits per heavy atom. The van der Waals surface area contributed by atoms with Crippen LogP contribution in [0.15, 0.2) is 84.1 Å². The van der Waals surface area contributed by atoms with Crippen LogP contribution >= 0.6 is 11.3 Å². The molecule has 0 spiro atoms. The Bertz CT molecular complexity index is 1510. The topological polar surface area (TPSA) is 56.5 Å². The van der Waals surface area contributed by atoms with Gasteiger partial charge in [-0.25, -0.2) is 9.29 Å². The van der Waals surface area contributed by atoms with Crippen molar-refractivity contribution in [3.63, 3.8) is 0 Å². The van der Waals surface area contributed by atoms with Crippen LogP contribution in [0.5, 0.6) is 5.88 Å². The van der Waals surface area contributed by atoms with E-state index in [9.17, 15) is 14.3 Å². The number of halogens is 1. The predicted octanol–water partition coefficient (Wildman–Crippen LogP) is 6.12. The first-order chi connectivity index (χ1) is 17.3. The minimum absolute atomic E-state index is 0.0339. The molecule has 1 aliphatic heterocycles. The summed E-state index contributed by atoms with van der Waals surface area (Å²) in [7, 11) is 1.87. The molecule has 36 heavy (non-hydrogen) atoms. The maximum absolute atomic E-state index is 14.4. The fraction of sp³-hybridized carbons (Fsp3) is 0.172. The molecule has 0 aliphatic carbocycles. The normalized spacial score (nSPS) is 15.1. The number of carbonyl (C=O) groups excluding carboxylic acids is 1. The molecule has 2 N–H and O–H groups in total. The molecule has 0 fully saturated rings. The molecule has 7 heteroatoms. The van der Waals surface area contributed by atoms with E-state index >= 15 is 0 Å². The van der Waals surface area contributed by atoms with Gasteiger partial charge >= 0.3 is 11.0 Å². The number of hydrogen-bond acceptors (Lipinski definition) is 4. The number of rotatable bonds is 4. The lowest BCUT2D eigenvalue weighted by Crippen LogP contribution is -2.50. The van der Waals surface area contributed by atoms with Crippen molar-refractivity contribution in [2.45, 2.75) is 26.8 Å². The summed E-state index contributed by atoms with van der Waals surface area (Å²) < 4.78 is 16.1. The molecule has 182 valence electrons. The van der Waals surface area contributed by atoms with Crippen LogP contribution in [0.4, 0.5) is 15.2 Å². The first-order valence-corrected chi connectivity index (χ1v) is 12.5. The number of nitrogens with zero attached hydrogens (tertiary/aromatic N) is 2. The van der Waals surface area contributed by atoms with Crippen molar-refractivity contribution in [1.29, 1.82) is 0 Å². The molecule has 0 saturated heterocycles. The van der Waals surface area contributed by atoms with Crippen LogP contribution < -0.4 is 14.8 Å². The van der Waals surface area contributed by atoms with Gasteiger partial charge in [0.15, 0.2) is 6.04 Å². The Balaban J connectivity index is 1.69. The van der Waals surface area contributed by atoms with E-state index in [-0.39, 0.29) is 11.8 Å². The molecule has 2 heterocycles. The highest BCUT2D eigenvalue weighted by Gasteiger charge is 2.45. The highest BCUT2D eigenvalue weighted by molar-refractivity contribution is 7.18. The van der Waals surface area contributed by atoms with Gasteiger partial charge < -0.3 is 10.4 Å². The third kappa shape index (κ3) is 4.05. The van der Waals surface area contributed by atoms with Gasteiger partial charge in [-0.1, -0.05) is 60.2 Å². The molecule has 1 aromatic heterocycles. The molecule has 1 aliphatic rings. The molecule has 5 nitrogen and oxygen atoms in total. The van der Waals surface area contributed by atoms with Crippen molar-refractivity contribution in [1.82, 2.24) is 0 Å². The third-order valence-corrected chi connectivity index (χ3v) is 7.89. The monoisotopic (exact) mass is 500 g/mol. The minimum Gasteiger partial charge on any atom is -0.477 e. The van der Waals surface area contributed by atoms with Gasteiger partial charge in [0, 0.05) is 11.3 Å². The summed E-state index contributed by atoms with van der Waals surface area (Å²) in [6.07, 6.45) is 0. The molecular weight excluding hydrogens is 473 g/mol. The molecule has 1 atom stereocenters. The van der Waals surface area contributed by atoms with Gasteiger partial charge in [0.1, 0.15) is 22.0 Å². The number of nitrogens with one attached hydrogen (secondary N) is 1. The minimum atomic E-state index is -0.716. The van der Waals surface area contributed by atoms with Crippen molar-refractivity contribution in [2.75, 3.05) is 17.3 Å². The SMILES string of the molecule is CC1=C(C(=O)Nc2ccc(C)cc2C)C(c2cccc(F)c2)[n+]2c(sc(-c3ccccc3)c2O)N1C. The van der Waals surface area contributed by atoms with Crippen LogP contribution in [0.25, 0.3) is 10.4 Å². The summed E-state index contributed by atoms with van der Waals surface area (Å²) in [5.74, 6) is -0.671. The average molecular weight is 501 g/mol. The van der Waals surface area contributed by atoms with Crippen molar-refractivity contribution < 1.29 is 18.9 Å². The number of carbonyl (C=O) groups is 1. The van der Waals surface area contributed by atoms with Gasteiger partial charge in [0.05, 0.1) is 7.05 Å². The molecular formula is C29H27FN3O2S+. The lowest BCUT2D eigenvalue weighted by Gasteiger charge is -2.28. The summed E-state index contributed by atoms with van der Waals surface area (Å²) in [4.78, 5) is 16.4. The smallest absolute Gasteiger partial charge is 0.345 e. The van der Waals surface area contributed by atoms with E-state index in [4.69, 9.17) is 0 Å². The van der Waals surface area contributed by atoms with E-state index in [2.05, 4.69) is 5.32 Å². The fourth-order valence-electron chi connectivity index (χ4n) is 4.70. The standard InChI is InChI=1S/C29H26FN3O2S/c1-17-13-14-23(18(2)15-17)31-27(34)24-19(3)32(4)29-33(25(24)21-11-8-12-22(30)16-21)28(35)26(36-29)20-9-6-5-7-10-20/h5-16,25H,1-4H3,(H-,31,34,35)/p+1. The number of aryl methyl sites for hydroxylation is 2. The van der Waals surface area contributed by atoms with E-state index in [1.54, 1.807) is 16.7 Å². The van der Waals surface area contributed by atoms with E-state index in [1.165, 1.54) is 23.5 Å². The molecule has 1 amide bonds. The number of thiazole rings is 1. The highest BCUT2D eigenvalue weighted by Crippen LogP contribution is 2.44. The highest BCUT2D eigenvalue weighted by atomic mass is 32.1. The largest absolute Gasteiger partial charge is 0.477 e. The summed E-state index contributed by atoms with van der Waals surface area (Å²) in [5, 5.41) is 15.3.